The zero-order valence-corrected chi connectivity index (χ0v) is 50.7. The van der Waals surface area contributed by atoms with Gasteiger partial charge < -0.3 is 35.5 Å². The number of hydrogen-bond donors (Lipinski definition) is 6. The lowest BCUT2D eigenvalue weighted by atomic mass is 9.81. The van der Waals surface area contributed by atoms with E-state index in [0.717, 1.165) is 10.6 Å². The zero-order chi connectivity index (χ0) is 58.5. The second kappa shape index (κ2) is 25.2. The van der Waals surface area contributed by atoms with E-state index < -0.39 is 61.5 Å². The van der Waals surface area contributed by atoms with Crippen molar-refractivity contribution in [1.29, 1.82) is 0 Å². The first-order valence-corrected chi connectivity index (χ1v) is 31.4. The maximum atomic E-state index is 16.3. The molecule has 2 aliphatic carbocycles. The van der Waals surface area contributed by atoms with Gasteiger partial charge in [-0.1, -0.05) is 36.4 Å². The van der Waals surface area contributed by atoms with Crippen LogP contribution in [0.5, 0.6) is 0 Å². The van der Waals surface area contributed by atoms with Crippen LogP contribution in [-0.4, -0.2) is 92.6 Å². The summed E-state index contributed by atoms with van der Waals surface area (Å²) in [5.41, 5.74) is -0.760. The van der Waals surface area contributed by atoms with Crippen LogP contribution in [0.3, 0.4) is 0 Å². The molecule has 5 aromatic rings. The maximum absolute atomic E-state index is 16.3. The highest BCUT2D eigenvalue weighted by atomic mass is 32.2. The van der Waals surface area contributed by atoms with E-state index in [0.29, 0.717) is 48.4 Å². The van der Waals surface area contributed by atoms with Gasteiger partial charge in [0.05, 0.1) is 47.9 Å². The van der Waals surface area contributed by atoms with Crippen molar-refractivity contribution >= 4 is 84.2 Å². The van der Waals surface area contributed by atoms with E-state index in [9.17, 15) is 27.6 Å². The molecule has 24 heteroatoms. The molecule has 20 nitrogen and oxygen atoms in total. The molecule has 0 aliphatic heterocycles. The number of thiazole rings is 2. The summed E-state index contributed by atoms with van der Waals surface area (Å²) in [4.78, 5) is 61.7. The topological polar surface area (TPSA) is 265 Å². The van der Waals surface area contributed by atoms with Gasteiger partial charge >= 0.3 is 24.3 Å². The molecule has 2 fully saturated rings. The number of nitrogens with one attached hydrogen (secondary N) is 6. The van der Waals surface area contributed by atoms with Gasteiger partial charge in [-0.25, -0.2) is 55.0 Å². The van der Waals surface area contributed by atoms with E-state index in [4.69, 9.17) is 24.2 Å². The Bertz CT molecular complexity index is 3250. The lowest BCUT2D eigenvalue weighted by Gasteiger charge is -2.36. The fourth-order valence-corrected chi connectivity index (χ4v) is 15.6. The minimum absolute atomic E-state index is 0.0184. The summed E-state index contributed by atoms with van der Waals surface area (Å²) in [6.45, 7) is 20.9. The molecule has 7 rings (SSSR count). The van der Waals surface area contributed by atoms with Crippen LogP contribution in [0.2, 0.25) is 0 Å². The number of anilines is 3. The molecule has 0 saturated heterocycles. The Kier molecular flexibility index (Phi) is 19.3. The SMILES string of the molecule is CC(C)OC(=O)Nc1ccc(-c2cnc(C3CC(NC(=O)OC(C)C)C3)s2)c(S(=O)(=O)N(c2nc([C@H]3CC[C@H](NC(=O)OC(C)C)CC3)sc2-c2ccc(NC(=O)NCc3ccccc3)cc2S(=O)(=O)NC(C)(C)C)C(C)(C)C)c1. The monoisotopic (exact) mass is 1180 g/mol. The third-order valence-electron chi connectivity index (χ3n) is 12.7. The third-order valence-corrected chi connectivity index (χ3v) is 19.0. The maximum Gasteiger partial charge on any atom is 0.411 e. The predicted molar refractivity (Wildman–Crippen MR) is 312 cm³/mol. The first-order chi connectivity index (χ1) is 37.4. The summed E-state index contributed by atoms with van der Waals surface area (Å²) >= 11 is 2.49. The Morgan fingerprint density at radius 3 is 1.81 bits per heavy atom. The average Bonchev–Trinajstić information content (AvgIpc) is 4.05. The lowest BCUT2D eigenvalue weighted by Crippen LogP contribution is -2.46. The Morgan fingerprint density at radius 1 is 0.662 bits per heavy atom. The number of carbonyl (C=O) groups is 4. The van der Waals surface area contributed by atoms with Gasteiger partial charge in [-0.2, -0.15) is 0 Å². The summed E-state index contributed by atoms with van der Waals surface area (Å²) < 4.78 is 82.2. The van der Waals surface area contributed by atoms with Gasteiger partial charge in [-0.3, -0.25) is 5.32 Å². The smallest absolute Gasteiger partial charge is 0.411 e. The Morgan fingerprint density at radius 2 is 1.23 bits per heavy atom. The summed E-state index contributed by atoms with van der Waals surface area (Å²) in [5.74, 6) is -0.300. The molecule has 6 N–H and O–H groups in total. The van der Waals surface area contributed by atoms with Crippen molar-refractivity contribution in [3.05, 3.63) is 88.5 Å². The van der Waals surface area contributed by atoms with Crippen molar-refractivity contribution in [2.75, 3.05) is 14.9 Å². The fraction of sp³-hybridized carbons (Fsp3) is 0.500. The largest absolute Gasteiger partial charge is 0.447 e. The number of urea groups is 1. The van der Waals surface area contributed by atoms with E-state index in [-0.39, 0.29) is 85.7 Å². The molecule has 0 spiro atoms. The number of nitrogens with zero attached hydrogens (tertiary/aromatic N) is 3. The molecule has 0 unspecified atom stereocenters. The van der Waals surface area contributed by atoms with Crippen molar-refractivity contribution in [3.63, 3.8) is 0 Å². The summed E-state index contributed by atoms with van der Waals surface area (Å²) in [6, 6.07) is 17.4. The van der Waals surface area contributed by atoms with Crippen molar-refractivity contribution in [3.8, 4) is 20.9 Å². The predicted octanol–water partition coefficient (Wildman–Crippen LogP) is 11.8. The number of ether oxygens (including phenoxy) is 3. The van der Waals surface area contributed by atoms with Crippen LogP contribution in [0, 0.1) is 0 Å². The fourth-order valence-electron chi connectivity index (χ4n) is 9.36. The first kappa shape index (κ1) is 61.3. The number of benzene rings is 3. The van der Waals surface area contributed by atoms with Crippen LogP contribution >= 0.6 is 22.7 Å². The van der Waals surface area contributed by atoms with E-state index in [1.807, 2.05) is 30.3 Å². The number of amides is 5. The molecular weight excluding hydrogens is 1100 g/mol. The molecule has 0 bridgehead atoms. The quantitative estimate of drug-likeness (QED) is 0.0446. The standard InChI is InChI=1S/C56H75N9O11S4/c1-32(2)74-52(67)60-38-20-18-36(19-21-38)50-63-48(47(78-50)43-25-23-39(28-45(43)79(70,71)64-55(7,8)9)59-51(66)58-30-35-16-14-13-15-17-35)65(56(10,11)12)80(72,73)46-29-40(61-53(68)75-33(3)4)22-24-42(46)44-31-57-49(77-44)37-26-41(27-37)62-54(69)76-34(5)6/h13-17,22-25,28-29,31-34,36-38,41,64H,18-21,26-27,30H2,1-12H3,(H,60,67)(H,61,68)(H,62,69)(H2,58,59,66)/t36-,37?,38-,41?. The summed E-state index contributed by atoms with van der Waals surface area (Å²) in [7, 11) is -9.26. The van der Waals surface area contributed by atoms with Crippen LogP contribution in [0.15, 0.2) is 82.7 Å². The molecule has 2 aromatic heterocycles. The van der Waals surface area contributed by atoms with Crippen molar-refractivity contribution in [1.82, 2.24) is 30.6 Å². The second-order valence-corrected chi connectivity index (χ2v) is 28.5. The van der Waals surface area contributed by atoms with Crippen LogP contribution in [-0.2, 0) is 40.8 Å². The molecule has 5 amide bonds. The first-order valence-electron chi connectivity index (χ1n) is 26.8. The Hall–Kier alpha value is -6.34. The van der Waals surface area contributed by atoms with Gasteiger partial charge in [-0.05, 0) is 158 Å². The van der Waals surface area contributed by atoms with Gasteiger partial charge in [0.15, 0.2) is 5.82 Å². The molecule has 0 radical (unpaired) electrons. The second-order valence-electron chi connectivity index (χ2n) is 23.0. The molecule has 434 valence electrons. The minimum Gasteiger partial charge on any atom is -0.447 e. The van der Waals surface area contributed by atoms with Gasteiger partial charge in [0.25, 0.3) is 10.0 Å². The van der Waals surface area contributed by atoms with Crippen LogP contribution < -0.4 is 35.6 Å². The van der Waals surface area contributed by atoms with Crippen LogP contribution in [0.1, 0.15) is 149 Å². The minimum atomic E-state index is -4.81. The van der Waals surface area contributed by atoms with E-state index in [1.54, 1.807) is 114 Å². The Balaban J connectivity index is 1.37. The van der Waals surface area contributed by atoms with Crippen LogP contribution in [0.4, 0.5) is 36.4 Å². The van der Waals surface area contributed by atoms with Gasteiger partial charge in [-0.15, -0.1) is 22.7 Å². The number of carbonyl (C=O) groups excluding carboxylic acids is 4. The van der Waals surface area contributed by atoms with E-state index in [2.05, 4.69) is 31.3 Å². The summed E-state index contributed by atoms with van der Waals surface area (Å²) in [5, 5.41) is 15.4. The molecule has 2 heterocycles. The lowest BCUT2D eigenvalue weighted by molar-refractivity contribution is 0.105. The van der Waals surface area contributed by atoms with Crippen molar-refractivity contribution in [2.45, 2.75) is 191 Å². The molecule has 3 aromatic carbocycles. The van der Waals surface area contributed by atoms with Crippen molar-refractivity contribution < 1.29 is 50.2 Å². The molecule has 2 aliphatic rings. The van der Waals surface area contributed by atoms with Crippen molar-refractivity contribution in [2.24, 2.45) is 0 Å². The van der Waals surface area contributed by atoms with E-state index >= 15 is 8.42 Å². The highest BCUT2D eigenvalue weighted by Gasteiger charge is 2.42. The Labute approximate surface area is 478 Å². The van der Waals surface area contributed by atoms with Crippen LogP contribution in [0.25, 0.3) is 20.9 Å². The molecular formula is C56H75N9O11S4. The molecule has 80 heavy (non-hydrogen) atoms. The third kappa shape index (κ3) is 16.0. The highest BCUT2D eigenvalue weighted by Crippen LogP contribution is 2.49. The van der Waals surface area contributed by atoms with E-state index in [1.165, 1.54) is 39.1 Å². The normalized spacial score (nSPS) is 17.8. The highest BCUT2D eigenvalue weighted by molar-refractivity contribution is 7.93. The number of hydrogen-bond acceptors (Lipinski definition) is 15. The number of aromatic nitrogens is 2. The number of alkyl carbamates (subject to hydrolysis) is 2. The molecule has 0 atom stereocenters. The molecule has 2 saturated carbocycles. The van der Waals surface area contributed by atoms with Gasteiger partial charge in [0, 0.05) is 70.2 Å². The number of rotatable bonds is 18. The van der Waals surface area contributed by atoms with Gasteiger partial charge in [0.2, 0.25) is 10.0 Å². The number of sulfonamides is 2. The van der Waals surface area contributed by atoms with Gasteiger partial charge in [0.1, 0.15) is 0 Å². The summed E-state index contributed by atoms with van der Waals surface area (Å²) in [6.07, 6.45) is 2.16. The zero-order valence-electron chi connectivity index (χ0n) is 47.4. The average molecular weight is 1180 g/mol.